The predicted molar refractivity (Wildman–Crippen MR) is 49.6 cm³/mol. The molecule has 12 heavy (non-hydrogen) atoms. The van der Waals surface area contributed by atoms with Crippen molar-refractivity contribution in [1.82, 2.24) is 9.78 Å². The molecule has 3 heteroatoms. The smallest absolute Gasteiger partial charge is 0.0820 e. The lowest BCUT2D eigenvalue weighted by Gasteiger charge is -2.09. The number of rotatable bonds is 2. The van der Waals surface area contributed by atoms with Crippen LogP contribution in [-0.4, -0.2) is 9.78 Å². The lowest BCUT2D eigenvalue weighted by atomic mass is 10.2. The first-order valence-electron chi connectivity index (χ1n) is 4.43. The Morgan fingerprint density at radius 2 is 2.25 bits per heavy atom. The molecule has 0 saturated heterocycles. The molecule has 1 fully saturated rings. The van der Waals surface area contributed by atoms with Gasteiger partial charge in [-0.2, -0.15) is 5.10 Å². The first-order chi connectivity index (χ1) is 5.70. The zero-order valence-corrected chi connectivity index (χ0v) is 8.17. The Balaban J connectivity index is 2.39. The normalized spacial score (nSPS) is 17.3. The first-order valence-corrected chi connectivity index (χ1v) is 4.81. The molecule has 1 aromatic rings. The summed E-state index contributed by atoms with van der Waals surface area (Å²) in [5, 5.41) is 5.10. The highest BCUT2D eigenvalue weighted by Crippen LogP contribution is 2.43. The highest BCUT2D eigenvalue weighted by Gasteiger charge is 2.30. The maximum Gasteiger partial charge on any atom is 0.0820 e. The van der Waals surface area contributed by atoms with Gasteiger partial charge in [-0.05, 0) is 26.7 Å². The van der Waals surface area contributed by atoms with E-state index in [-0.39, 0.29) is 0 Å². The Morgan fingerprint density at radius 1 is 1.58 bits per heavy atom. The van der Waals surface area contributed by atoms with Gasteiger partial charge < -0.3 is 0 Å². The molecule has 1 aliphatic rings. The van der Waals surface area contributed by atoms with Gasteiger partial charge >= 0.3 is 0 Å². The van der Waals surface area contributed by atoms with Gasteiger partial charge in [0, 0.05) is 12.0 Å². The van der Waals surface area contributed by atoms with Crippen LogP contribution in [0.5, 0.6) is 0 Å². The highest BCUT2D eigenvalue weighted by molar-refractivity contribution is 6.31. The molecule has 0 atom stereocenters. The summed E-state index contributed by atoms with van der Waals surface area (Å²) >= 11 is 6.04. The number of halogens is 1. The van der Waals surface area contributed by atoms with E-state index in [0.29, 0.717) is 12.0 Å². The maximum absolute atomic E-state index is 6.04. The van der Waals surface area contributed by atoms with Gasteiger partial charge in [-0.1, -0.05) is 11.6 Å². The van der Waals surface area contributed by atoms with Gasteiger partial charge in [-0.25, -0.2) is 0 Å². The van der Waals surface area contributed by atoms with Crippen LogP contribution in [0.1, 0.15) is 44.3 Å². The second-order valence-corrected chi connectivity index (χ2v) is 4.10. The summed E-state index contributed by atoms with van der Waals surface area (Å²) in [4.78, 5) is 0. The number of nitrogens with zero attached hydrogens (tertiary/aromatic N) is 2. The first kappa shape index (κ1) is 8.11. The van der Waals surface area contributed by atoms with Crippen LogP contribution in [0.4, 0.5) is 0 Å². The SMILES string of the molecule is CC(C)n1ncc(Cl)c1C1CC1. The summed E-state index contributed by atoms with van der Waals surface area (Å²) in [5.41, 5.74) is 1.24. The van der Waals surface area contributed by atoms with Crippen LogP contribution in [0, 0.1) is 0 Å². The van der Waals surface area contributed by atoms with Crippen molar-refractivity contribution < 1.29 is 0 Å². The van der Waals surface area contributed by atoms with Crippen LogP contribution in [0.25, 0.3) is 0 Å². The molecule has 2 nitrogen and oxygen atoms in total. The van der Waals surface area contributed by atoms with Crippen LogP contribution in [0.3, 0.4) is 0 Å². The maximum atomic E-state index is 6.04. The average Bonchev–Trinajstić information content (AvgIpc) is 2.75. The second kappa shape index (κ2) is 2.77. The standard InChI is InChI=1S/C9H13ClN2/c1-6(2)12-9(7-3-4-7)8(10)5-11-12/h5-7H,3-4H2,1-2H3. The monoisotopic (exact) mass is 184 g/mol. The number of aromatic nitrogens is 2. The molecule has 0 aromatic carbocycles. The third kappa shape index (κ3) is 1.24. The summed E-state index contributed by atoms with van der Waals surface area (Å²) in [7, 11) is 0. The van der Waals surface area contributed by atoms with E-state index in [4.69, 9.17) is 11.6 Å². The van der Waals surface area contributed by atoms with Crippen molar-refractivity contribution in [2.24, 2.45) is 0 Å². The molecule has 0 bridgehead atoms. The largest absolute Gasteiger partial charge is 0.265 e. The van der Waals surface area contributed by atoms with Crippen molar-refractivity contribution in [3.63, 3.8) is 0 Å². The summed E-state index contributed by atoms with van der Waals surface area (Å²) < 4.78 is 2.04. The minimum Gasteiger partial charge on any atom is -0.265 e. The van der Waals surface area contributed by atoms with Gasteiger partial charge in [0.15, 0.2) is 0 Å². The quantitative estimate of drug-likeness (QED) is 0.691. The van der Waals surface area contributed by atoms with E-state index >= 15 is 0 Å². The van der Waals surface area contributed by atoms with E-state index < -0.39 is 0 Å². The van der Waals surface area contributed by atoms with E-state index in [1.54, 1.807) is 6.20 Å². The molecule has 0 N–H and O–H groups in total. The molecule has 2 rings (SSSR count). The zero-order chi connectivity index (χ0) is 8.72. The summed E-state index contributed by atoms with van der Waals surface area (Å²) in [6.07, 6.45) is 4.31. The fraction of sp³-hybridized carbons (Fsp3) is 0.667. The number of hydrogen-bond acceptors (Lipinski definition) is 1. The third-order valence-electron chi connectivity index (χ3n) is 2.24. The molecule has 0 unspecified atom stereocenters. The molecule has 1 aliphatic carbocycles. The number of hydrogen-bond donors (Lipinski definition) is 0. The minimum atomic E-state index is 0.424. The molecule has 0 radical (unpaired) electrons. The van der Waals surface area contributed by atoms with E-state index in [9.17, 15) is 0 Å². The molecule has 0 amide bonds. The Bertz CT molecular complexity index is 287. The molecular weight excluding hydrogens is 172 g/mol. The lowest BCUT2D eigenvalue weighted by molar-refractivity contribution is 0.510. The average molecular weight is 185 g/mol. The second-order valence-electron chi connectivity index (χ2n) is 3.69. The van der Waals surface area contributed by atoms with Gasteiger partial charge in [-0.3, -0.25) is 4.68 Å². The minimum absolute atomic E-state index is 0.424. The fourth-order valence-electron chi connectivity index (χ4n) is 1.50. The molecule has 0 aliphatic heterocycles. The Morgan fingerprint density at radius 3 is 2.75 bits per heavy atom. The van der Waals surface area contributed by atoms with Crippen molar-refractivity contribution in [3.8, 4) is 0 Å². The Kier molecular flexibility index (Phi) is 1.87. The summed E-state index contributed by atoms with van der Waals surface area (Å²) in [6, 6.07) is 0.424. The predicted octanol–water partition coefficient (Wildman–Crippen LogP) is 2.99. The molecule has 1 aromatic heterocycles. The summed E-state index contributed by atoms with van der Waals surface area (Å²) in [5.74, 6) is 0.683. The van der Waals surface area contributed by atoms with Crippen molar-refractivity contribution in [3.05, 3.63) is 16.9 Å². The van der Waals surface area contributed by atoms with E-state index in [1.165, 1.54) is 18.5 Å². The topological polar surface area (TPSA) is 17.8 Å². The van der Waals surface area contributed by atoms with Crippen LogP contribution < -0.4 is 0 Å². The highest BCUT2D eigenvalue weighted by atomic mass is 35.5. The third-order valence-corrected chi connectivity index (χ3v) is 2.53. The van der Waals surface area contributed by atoms with E-state index in [0.717, 1.165) is 5.02 Å². The molecule has 66 valence electrons. The fourth-order valence-corrected chi connectivity index (χ4v) is 1.79. The Hall–Kier alpha value is -0.500. The van der Waals surface area contributed by atoms with Gasteiger partial charge in [0.25, 0.3) is 0 Å². The van der Waals surface area contributed by atoms with Gasteiger partial charge in [0.1, 0.15) is 0 Å². The van der Waals surface area contributed by atoms with Gasteiger partial charge in [0.05, 0.1) is 16.9 Å². The summed E-state index contributed by atoms with van der Waals surface area (Å²) in [6.45, 7) is 4.27. The molecular formula is C9H13ClN2. The molecule has 1 saturated carbocycles. The molecule has 0 spiro atoms. The van der Waals surface area contributed by atoms with Crippen molar-refractivity contribution in [2.45, 2.75) is 38.6 Å². The van der Waals surface area contributed by atoms with Crippen molar-refractivity contribution in [1.29, 1.82) is 0 Å². The van der Waals surface area contributed by atoms with Crippen molar-refractivity contribution >= 4 is 11.6 Å². The van der Waals surface area contributed by atoms with E-state index in [1.807, 2.05) is 4.68 Å². The van der Waals surface area contributed by atoms with Crippen molar-refractivity contribution in [2.75, 3.05) is 0 Å². The van der Waals surface area contributed by atoms with Gasteiger partial charge in [-0.15, -0.1) is 0 Å². The lowest BCUT2D eigenvalue weighted by Crippen LogP contribution is -2.06. The Labute approximate surface area is 77.5 Å². The van der Waals surface area contributed by atoms with Crippen LogP contribution in [0.2, 0.25) is 5.02 Å². The van der Waals surface area contributed by atoms with Gasteiger partial charge in [0.2, 0.25) is 0 Å². The zero-order valence-electron chi connectivity index (χ0n) is 7.42. The van der Waals surface area contributed by atoms with Crippen LogP contribution in [-0.2, 0) is 0 Å². The molecule has 1 heterocycles. The van der Waals surface area contributed by atoms with Crippen LogP contribution in [0.15, 0.2) is 6.20 Å². The van der Waals surface area contributed by atoms with E-state index in [2.05, 4.69) is 18.9 Å². The van der Waals surface area contributed by atoms with Crippen LogP contribution >= 0.6 is 11.6 Å².